The van der Waals surface area contributed by atoms with Crippen molar-refractivity contribution in [3.63, 3.8) is 0 Å². The quantitative estimate of drug-likeness (QED) is 0.574. The van der Waals surface area contributed by atoms with Crippen molar-refractivity contribution in [1.82, 2.24) is 14.5 Å². The molecule has 1 aliphatic heterocycles. The van der Waals surface area contributed by atoms with E-state index in [0.717, 1.165) is 16.5 Å². The van der Waals surface area contributed by atoms with Crippen molar-refractivity contribution >= 4 is 43.7 Å². The third-order valence-electron chi connectivity index (χ3n) is 5.17. The molecule has 1 N–H and O–H groups in total. The van der Waals surface area contributed by atoms with E-state index in [1.807, 2.05) is 19.1 Å². The highest BCUT2D eigenvalue weighted by molar-refractivity contribution is 9.10. The normalized spacial score (nSPS) is 15.2. The number of carbonyl (C=O) groups is 3. The van der Waals surface area contributed by atoms with Gasteiger partial charge in [-0.1, -0.05) is 47.1 Å². The Balaban J connectivity index is 1.87. The van der Waals surface area contributed by atoms with Gasteiger partial charge in [0, 0.05) is 17.6 Å². The molecule has 0 radical (unpaired) electrons. The van der Waals surface area contributed by atoms with Gasteiger partial charge < -0.3 is 10.2 Å². The lowest BCUT2D eigenvalue weighted by molar-refractivity contribution is -0.140. The molecule has 0 saturated heterocycles. The molecule has 8 nitrogen and oxygen atoms in total. The van der Waals surface area contributed by atoms with Crippen molar-refractivity contribution in [3.8, 4) is 0 Å². The number of halogens is 1. The van der Waals surface area contributed by atoms with E-state index in [0.29, 0.717) is 10.8 Å². The molecule has 0 spiro atoms. The van der Waals surface area contributed by atoms with E-state index in [9.17, 15) is 22.8 Å². The second-order valence-electron chi connectivity index (χ2n) is 7.43. The van der Waals surface area contributed by atoms with Crippen molar-refractivity contribution in [1.29, 1.82) is 0 Å². The molecule has 10 heteroatoms. The van der Waals surface area contributed by atoms with Crippen molar-refractivity contribution in [2.24, 2.45) is 0 Å². The maximum Gasteiger partial charge on any atom is 0.269 e. The average Bonchev–Trinajstić information content (AvgIpc) is 2.97. The summed E-state index contributed by atoms with van der Waals surface area (Å²) in [4.78, 5) is 39.7. The van der Waals surface area contributed by atoms with Gasteiger partial charge in [0.05, 0.1) is 5.56 Å². The number of benzene rings is 2. The fourth-order valence-electron chi connectivity index (χ4n) is 3.37. The van der Waals surface area contributed by atoms with Crippen LogP contribution in [0.3, 0.4) is 0 Å². The predicted molar refractivity (Wildman–Crippen MR) is 122 cm³/mol. The van der Waals surface area contributed by atoms with E-state index in [4.69, 9.17) is 0 Å². The molecular weight excluding hydrogens is 498 g/mol. The smallest absolute Gasteiger partial charge is 0.269 e. The molecule has 0 aromatic heterocycles. The molecule has 170 valence electrons. The standard InChI is InChI=1S/C22H24BrN3O5S/c1-3-12-24-21(28)15(2)25(13-16-8-10-17(23)11-9-16)20(27)14-26-22(29)18-6-4-5-7-19(18)32(26,30)31/h4-11,15H,3,12-14H2,1-2H3,(H,24,28). The highest BCUT2D eigenvalue weighted by Crippen LogP contribution is 2.30. The maximum absolute atomic E-state index is 13.3. The summed E-state index contributed by atoms with van der Waals surface area (Å²) in [5.41, 5.74) is 0.795. The van der Waals surface area contributed by atoms with Crippen molar-refractivity contribution in [2.75, 3.05) is 13.1 Å². The molecule has 2 aromatic carbocycles. The molecule has 1 unspecified atom stereocenters. The fraction of sp³-hybridized carbons (Fsp3) is 0.318. The summed E-state index contributed by atoms with van der Waals surface area (Å²) in [6.45, 7) is 3.35. The number of carbonyl (C=O) groups excluding carboxylic acids is 3. The third kappa shape index (κ3) is 4.86. The Bertz CT molecular complexity index is 1130. The van der Waals surface area contributed by atoms with Crippen LogP contribution in [0, 0.1) is 0 Å². The van der Waals surface area contributed by atoms with Crippen LogP contribution in [0.4, 0.5) is 0 Å². The van der Waals surface area contributed by atoms with Crippen LogP contribution in [0.1, 0.15) is 36.2 Å². The summed E-state index contributed by atoms with van der Waals surface area (Å²) < 4.78 is 27.1. The molecule has 2 aromatic rings. The number of amides is 3. The van der Waals surface area contributed by atoms with Gasteiger partial charge in [-0.05, 0) is 43.2 Å². The molecule has 32 heavy (non-hydrogen) atoms. The van der Waals surface area contributed by atoms with E-state index < -0.39 is 34.4 Å². The summed E-state index contributed by atoms with van der Waals surface area (Å²) in [7, 11) is -4.13. The lowest BCUT2D eigenvalue weighted by Gasteiger charge is -2.30. The van der Waals surface area contributed by atoms with Gasteiger partial charge in [0.25, 0.3) is 15.9 Å². The number of hydrogen-bond donors (Lipinski definition) is 1. The van der Waals surface area contributed by atoms with Crippen molar-refractivity contribution < 1.29 is 22.8 Å². The zero-order valence-electron chi connectivity index (χ0n) is 17.7. The second kappa shape index (κ2) is 9.83. The highest BCUT2D eigenvalue weighted by Gasteiger charge is 2.43. The first kappa shape index (κ1) is 23.9. The number of rotatable bonds is 8. The summed E-state index contributed by atoms with van der Waals surface area (Å²) >= 11 is 3.36. The van der Waals surface area contributed by atoms with E-state index in [1.165, 1.54) is 23.1 Å². The Morgan fingerprint density at radius 3 is 2.41 bits per heavy atom. The van der Waals surface area contributed by atoms with E-state index in [1.54, 1.807) is 25.1 Å². The van der Waals surface area contributed by atoms with Gasteiger partial charge in [0.15, 0.2) is 0 Å². The lowest BCUT2D eigenvalue weighted by atomic mass is 10.1. The summed E-state index contributed by atoms with van der Waals surface area (Å²) in [6, 6.07) is 12.2. The number of nitrogens with one attached hydrogen (secondary N) is 1. The summed E-state index contributed by atoms with van der Waals surface area (Å²) in [5.74, 6) is -1.74. The van der Waals surface area contributed by atoms with Crippen LogP contribution in [0.5, 0.6) is 0 Å². The zero-order valence-corrected chi connectivity index (χ0v) is 20.1. The van der Waals surface area contributed by atoms with Crippen LogP contribution < -0.4 is 5.32 Å². The molecule has 3 amide bonds. The maximum atomic E-state index is 13.3. The van der Waals surface area contributed by atoms with E-state index in [-0.39, 0.29) is 22.9 Å². The topological polar surface area (TPSA) is 104 Å². The molecule has 1 aliphatic rings. The largest absolute Gasteiger partial charge is 0.354 e. The zero-order chi connectivity index (χ0) is 23.5. The Morgan fingerprint density at radius 1 is 1.12 bits per heavy atom. The van der Waals surface area contributed by atoms with Crippen LogP contribution in [0.2, 0.25) is 0 Å². The van der Waals surface area contributed by atoms with Gasteiger partial charge in [-0.2, -0.15) is 0 Å². The monoisotopic (exact) mass is 521 g/mol. The minimum atomic E-state index is -4.13. The Labute approximate surface area is 195 Å². The molecular formula is C22H24BrN3O5S. The first-order valence-electron chi connectivity index (χ1n) is 10.1. The SMILES string of the molecule is CCCNC(=O)C(C)N(Cc1ccc(Br)cc1)C(=O)CN1C(=O)c2ccccc2S1(=O)=O. The van der Waals surface area contributed by atoms with Crippen molar-refractivity contribution in [3.05, 3.63) is 64.1 Å². The number of fused-ring (bicyclic) bond motifs is 1. The molecule has 3 rings (SSSR count). The number of sulfonamides is 1. The fourth-order valence-corrected chi connectivity index (χ4v) is 5.15. The molecule has 0 fully saturated rings. The minimum Gasteiger partial charge on any atom is -0.354 e. The highest BCUT2D eigenvalue weighted by atomic mass is 79.9. The predicted octanol–water partition coefficient (Wildman–Crippen LogP) is 2.54. The van der Waals surface area contributed by atoms with Crippen LogP contribution in [-0.2, 0) is 26.2 Å². The van der Waals surface area contributed by atoms with Crippen LogP contribution >= 0.6 is 15.9 Å². The summed E-state index contributed by atoms with van der Waals surface area (Å²) in [6.07, 6.45) is 0.734. The van der Waals surface area contributed by atoms with Crippen molar-refractivity contribution in [2.45, 2.75) is 37.8 Å². The first-order valence-corrected chi connectivity index (χ1v) is 12.4. The van der Waals surface area contributed by atoms with Gasteiger partial charge in [-0.3, -0.25) is 14.4 Å². The Hall–Kier alpha value is -2.72. The minimum absolute atomic E-state index is 0.0356. The van der Waals surface area contributed by atoms with E-state index in [2.05, 4.69) is 21.2 Å². The molecule has 1 atom stereocenters. The van der Waals surface area contributed by atoms with Gasteiger partial charge in [-0.25, -0.2) is 12.7 Å². The van der Waals surface area contributed by atoms with Gasteiger partial charge in [-0.15, -0.1) is 0 Å². The molecule has 0 bridgehead atoms. The Morgan fingerprint density at radius 2 is 1.78 bits per heavy atom. The Kier molecular flexibility index (Phi) is 7.35. The number of hydrogen-bond acceptors (Lipinski definition) is 5. The first-order chi connectivity index (χ1) is 15.2. The third-order valence-corrected chi connectivity index (χ3v) is 7.49. The average molecular weight is 522 g/mol. The van der Waals surface area contributed by atoms with E-state index >= 15 is 0 Å². The van der Waals surface area contributed by atoms with Crippen LogP contribution in [0.15, 0.2) is 57.9 Å². The molecule has 1 heterocycles. The van der Waals surface area contributed by atoms with Gasteiger partial charge >= 0.3 is 0 Å². The van der Waals surface area contributed by atoms with Gasteiger partial charge in [0.1, 0.15) is 17.5 Å². The van der Waals surface area contributed by atoms with Crippen LogP contribution in [0.25, 0.3) is 0 Å². The lowest BCUT2D eigenvalue weighted by Crippen LogP contribution is -2.51. The molecule has 0 saturated carbocycles. The molecule has 0 aliphatic carbocycles. The number of nitrogens with zero attached hydrogens (tertiary/aromatic N) is 2. The second-order valence-corrected chi connectivity index (χ2v) is 10.2. The van der Waals surface area contributed by atoms with Crippen LogP contribution in [-0.4, -0.2) is 54.5 Å². The summed E-state index contributed by atoms with van der Waals surface area (Å²) in [5, 5.41) is 2.76. The van der Waals surface area contributed by atoms with Gasteiger partial charge in [0.2, 0.25) is 11.8 Å².